The molecule has 0 spiro atoms. The SMILES string of the molecule is CC(C)(C)OC(=O)CC/C(=C/F)CBr.CC(C)(C)OC(=O)CC/C(=C/F)COc1ccc2c(n1)CCN(C1CC1)C2=O.O=C1c2ccc(=O)[nH]c2CCN1C1CC1. The number of aromatic amines is 1. The van der Waals surface area contributed by atoms with Gasteiger partial charge in [0, 0.05) is 74.0 Å². The van der Waals surface area contributed by atoms with Crippen LogP contribution in [0, 0.1) is 0 Å². The second-order valence-electron chi connectivity index (χ2n) is 16.4. The van der Waals surface area contributed by atoms with E-state index in [-0.39, 0.29) is 55.2 Å². The molecule has 0 atom stereocenters. The molecule has 12 nitrogen and oxygen atoms in total. The van der Waals surface area contributed by atoms with Crippen molar-refractivity contribution in [1.29, 1.82) is 0 Å². The van der Waals surface area contributed by atoms with Gasteiger partial charge in [0.25, 0.3) is 11.8 Å². The van der Waals surface area contributed by atoms with Crippen LogP contribution in [0.25, 0.3) is 0 Å². The summed E-state index contributed by atoms with van der Waals surface area (Å²) in [6.07, 6.45) is 7.79. The summed E-state index contributed by atoms with van der Waals surface area (Å²) in [6, 6.07) is 7.28. The zero-order chi connectivity index (χ0) is 41.9. The number of nitrogens with one attached hydrogen (secondary N) is 1. The van der Waals surface area contributed by atoms with Gasteiger partial charge in [0.05, 0.1) is 29.5 Å². The highest BCUT2D eigenvalue weighted by Gasteiger charge is 2.37. The zero-order valence-corrected chi connectivity index (χ0v) is 35.3. The van der Waals surface area contributed by atoms with E-state index in [1.165, 1.54) is 6.07 Å². The van der Waals surface area contributed by atoms with E-state index in [0.717, 1.165) is 50.0 Å². The molecule has 2 aliphatic heterocycles. The number of aromatic nitrogens is 2. The van der Waals surface area contributed by atoms with Crippen LogP contribution in [-0.2, 0) is 31.9 Å². The average Bonchev–Trinajstić information content (AvgIpc) is 4.07. The largest absolute Gasteiger partial charge is 0.473 e. The van der Waals surface area contributed by atoms with Crippen molar-refractivity contribution in [3.63, 3.8) is 0 Å². The first-order valence-corrected chi connectivity index (χ1v) is 20.6. The lowest BCUT2D eigenvalue weighted by Gasteiger charge is -2.28. The summed E-state index contributed by atoms with van der Waals surface area (Å²) in [5.74, 6) is -0.210. The third-order valence-electron chi connectivity index (χ3n) is 9.13. The van der Waals surface area contributed by atoms with Crippen molar-refractivity contribution in [2.45, 2.75) is 129 Å². The van der Waals surface area contributed by atoms with Crippen molar-refractivity contribution < 1.29 is 42.2 Å². The first-order chi connectivity index (χ1) is 26.9. The number of hydrogen-bond donors (Lipinski definition) is 1. The molecule has 2 aliphatic carbocycles. The predicted molar refractivity (Wildman–Crippen MR) is 215 cm³/mol. The topological polar surface area (TPSA) is 148 Å². The molecule has 4 heterocycles. The number of ether oxygens (including phenoxy) is 3. The highest BCUT2D eigenvalue weighted by atomic mass is 79.9. The maximum Gasteiger partial charge on any atom is 0.306 e. The monoisotopic (exact) mass is 860 g/mol. The highest BCUT2D eigenvalue weighted by Crippen LogP contribution is 2.32. The standard InChI is InChI=1S/C21H27FN2O4.C11H12N2O2.C10H16BrFO2/c1-21(2,3)28-19(25)9-4-14(12-22)13-27-18-8-7-16-17(23-18)10-11-24(20(16)26)15-5-6-15;14-10-4-3-8-9(12-10)5-6-13(11(8)15)7-1-2-7;1-10(2,3)14-9(13)5-4-8(6-11)7-12/h7-8,12,15H,4-6,9-11,13H2,1-3H3;3-4,7H,1-2,5-6H2,(H,12,14);7H,4-6H2,1-3H3/b14-12-;;8-7-. The minimum atomic E-state index is -0.563. The number of pyridine rings is 2. The molecule has 0 bridgehead atoms. The lowest BCUT2D eigenvalue weighted by atomic mass is 10.0. The number of carbonyl (C=O) groups excluding carboxylic acids is 4. The Morgan fingerprint density at radius 1 is 0.772 bits per heavy atom. The van der Waals surface area contributed by atoms with Gasteiger partial charge in [-0.1, -0.05) is 15.9 Å². The number of fused-ring (bicyclic) bond motifs is 2. The van der Waals surface area contributed by atoms with E-state index in [9.17, 15) is 32.8 Å². The number of rotatable bonds is 12. The minimum absolute atomic E-state index is 0.00672. The lowest BCUT2D eigenvalue weighted by Crippen LogP contribution is -2.40. The molecule has 0 unspecified atom stereocenters. The number of hydrogen-bond acceptors (Lipinski definition) is 9. The Balaban J connectivity index is 0.000000209. The van der Waals surface area contributed by atoms with Crippen molar-refractivity contribution in [3.05, 3.63) is 80.9 Å². The van der Waals surface area contributed by atoms with Gasteiger partial charge in [0.2, 0.25) is 11.4 Å². The summed E-state index contributed by atoms with van der Waals surface area (Å²) < 4.78 is 41.1. The van der Waals surface area contributed by atoms with Crippen molar-refractivity contribution in [2.24, 2.45) is 0 Å². The first kappa shape index (κ1) is 45.3. The molecule has 4 aliphatic rings. The molecule has 312 valence electrons. The average molecular weight is 862 g/mol. The van der Waals surface area contributed by atoms with Gasteiger partial charge in [-0.25, -0.2) is 13.8 Å². The van der Waals surface area contributed by atoms with Crippen LogP contribution in [0.3, 0.4) is 0 Å². The second-order valence-corrected chi connectivity index (χ2v) is 17.0. The number of esters is 2. The Kier molecular flexibility index (Phi) is 16.2. The van der Waals surface area contributed by atoms with Crippen LogP contribution in [0.2, 0.25) is 0 Å². The minimum Gasteiger partial charge on any atom is -0.473 e. The Hall–Kier alpha value is -4.40. The summed E-state index contributed by atoms with van der Waals surface area (Å²) in [5, 5.41) is 0.451. The Morgan fingerprint density at radius 3 is 1.79 bits per heavy atom. The van der Waals surface area contributed by atoms with Crippen molar-refractivity contribution in [1.82, 2.24) is 19.8 Å². The summed E-state index contributed by atoms with van der Waals surface area (Å²) >= 11 is 3.13. The van der Waals surface area contributed by atoms with Crippen LogP contribution in [-0.4, -0.2) is 91.8 Å². The van der Waals surface area contributed by atoms with E-state index >= 15 is 0 Å². The zero-order valence-electron chi connectivity index (χ0n) is 33.8. The van der Waals surface area contributed by atoms with Crippen molar-refractivity contribution >= 4 is 39.7 Å². The van der Waals surface area contributed by atoms with Crippen LogP contribution in [0.1, 0.15) is 125 Å². The number of halogens is 3. The molecule has 0 aromatic carbocycles. The van der Waals surface area contributed by atoms with Gasteiger partial charge < -0.3 is 29.0 Å². The van der Waals surface area contributed by atoms with E-state index < -0.39 is 11.2 Å². The quantitative estimate of drug-likeness (QED) is 0.169. The molecule has 2 amide bonds. The molecular weight excluding hydrogens is 806 g/mol. The summed E-state index contributed by atoms with van der Waals surface area (Å²) in [5.41, 5.74) is 2.57. The maximum absolute atomic E-state index is 13.1. The van der Waals surface area contributed by atoms with Crippen molar-refractivity contribution in [2.75, 3.05) is 25.0 Å². The van der Waals surface area contributed by atoms with Gasteiger partial charge in [-0.3, -0.25) is 24.0 Å². The van der Waals surface area contributed by atoms with Gasteiger partial charge >= 0.3 is 11.9 Å². The molecule has 2 aromatic heterocycles. The summed E-state index contributed by atoms with van der Waals surface area (Å²) in [6.45, 7) is 12.2. The van der Waals surface area contributed by atoms with E-state index in [0.29, 0.717) is 77.6 Å². The molecule has 1 N–H and O–H groups in total. The fourth-order valence-electron chi connectivity index (χ4n) is 6.09. The normalized spacial score (nSPS) is 17.0. The van der Waals surface area contributed by atoms with Gasteiger partial charge in [-0.15, -0.1) is 0 Å². The third-order valence-corrected chi connectivity index (χ3v) is 9.85. The van der Waals surface area contributed by atoms with Gasteiger partial charge in [-0.05, 0) is 103 Å². The Labute approximate surface area is 341 Å². The smallest absolute Gasteiger partial charge is 0.306 e. The highest BCUT2D eigenvalue weighted by molar-refractivity contribution is 9.09. The molecule has 57 heavy (non-hydrogen) atoms. The molecule has 0 saturated heterocycles. The molecule has 2 aromatic rings. The number of H-pyrrole nitrogens is 1. The van der Waals surface area contributed by atoms with Crippen LogP contribution >= 0.6 is 15.9 Å². The Bertz CT molecular complexity index is 1880. The number of carbonyl (C=O) groups is 4. The van der Waals surface area contributed by atoms with Crippen LogP contribution in [0.5, 0.6) is 5.88 Å². The summed E-state index contributed by atoms with van der Waals surface area (Å²) in [7, 11) is 0. The number of amides is 2. The Morgan fingerprint density at radius 2 is 1.28 bits per heavy atom. The lowest BCUT2D eigenvalue weighted by molar-refractivity contribution is -0.155. The van der Waals surface area contributed by atoms with Gasteiger partial charge in [0.15, 0.2) is 0 Å². The molecular formula is C42H55BrF2N4O8. The number of allylic oxidation sites excluding steroid dienone is 1. The van der Waals surface area contributed by atoms with E-state index in [1.54, 1.807) is 59.7 Å². The van der Waals surface area contributed by atoms with E-state index in [2.05, 4.69) is 25.9 Å². The fourth-order valence-corrected chi connectivity index (χ4v) is 6.49. The fraction of sp³-hybridized carbons (Fsp3) is 0.571. The van der Waals surface area contributed by atoms with E-state index in [1.807, 2.05) is 9.80 Å². The van der Waals surface area contributed by atoms with Gasteiger partial charge in [-0.2, -0.15) is 0 Å². The number of nitrogens with zero attached hydrogens (tertiary/aromatic N) is 3. The molecule has 0 radical (unpaired) electrons. The molecule has 6 rings (SSSR count). The third kappa shape index (κ3) is 14.8. The van der Waals surface area contributed by atoms with Crippen LogP contribution in [0.15, 0.2) is 52.9 Å². The maximum atomic E-state index is 13.1. The second kappa shape index (κ2) is 20.3. The summed E-state index contributed by atoms with van der Waals surface area (Å²) in [4.78, 5) is 69.6. The first-order valence-electron chi connectivity index (χ1n) is 19.4. The molecule has 2 fully saturated rings. The molecule has 2 saturated carbocycles. The molecule has 15 heteroatoms. The van der Waals surface area contributed by atoms with Crippen molar-refractivity contribution in [3.8, 4) is 5.88 Å². The number of alkyl halides is 1. The van der Waals surface area contributed by atoms with Crippen LogP contribution in [0.4, 0.5) is 8.78 Å². The predicted octanol–water partition coefficient (Wildman–Crippen LogP) is 7.49. The van der Waals surface area contributed by atoms with E-state index in [4.69, 9.17) is 14.2 Å². The van der Waals surface area contributed by atoms with Crippen LogP contribution < -0.4 is 10.3 Å². The van der Waals surface area contributed by atoms with Gasteiger partial charge in [0.1, 0.15) is 17.8 Å².